The van der Waals surface area contributed by atoms with Crippen LogP contribution in [0.5, 0.6) is 0 Å². The molecule has 1 saturated carbocycles. The summed E-state index contributed by atoms with van der Waals surface area (Å²) in [5.41, 5.74) is 5.44. The van der Waals surface area contributed by atoms with E-state index in [9.17, 15) is 17.6 Å². The van der Waals surface area contributed by atoms with Gasteiger partial charge in [-0.25, -0.2) is 4.39 Å². The molecule has 96 valence electrons. The van der Waals surface area contributed by atoms with Gasteiger partial charge in [-0.1, -0.05) is 0 Å². The smallest absolute Gasteiger partial charge is 0.382 e. The molecule has 0 bridgehead atoms. The summed E-state index contributed by atoms with van der Waals surface area (Å²) < 4.78 is 50.8. The van der Waals surface area contributed by atoms with Crippen LogP contribution in [-0.4, -0.2) is 16.4 Å². The number of nitrogens with zero attached hydrogens (tertiary/aromatic N) is 1. The Balaban J connectivity index is 2.02. The van der Waals surface area contributed by atoms with Gasteiger partial charge >= 0.3 is 6.18 Å². The summed E-state index contributed by atoms with van der Waals surface area (Å²) in [6.45, 7) is 0. The largest absolute Gasteiger partial charge is 0.391 e. The van der Waals surface area contributed by atoms with Crippen LogP contribution in [0.4, 0.5) is 23.4 Å². The van der Waals surface area contributed by atoms with Gasteiger partial charge in [0.2, 0.25) is 0 Å². The molecule has 1 heterocycles. The molecular weight excluding hydrogens is 238 g/mol. The number of aromatic amines is 1. The number of aromatic nitrogens is 2. The van der Waals surface area contributed by atoms with Gasteiger partial charge in [0.05, 0.1) is 5.92 Å². The number of hydrogen-bond donors (Lipinski definition) is 2. The van der Waals surface area contributed by atoms with Crippen molar-refractivity contribution < 1.29 is 17.6 Å². The van der Waals surface area contributed by atoms with E-state index in [1.165, 1.54) is 0 Å². The van der Waals surface area contributed by atoms with Gasteiger partial charge in [-0.05, 0) is 25.7 Å². The summed E-state index contributed by atoms with van der Waals surface area (Å²) in [4.78, 5) is 0. The Kier molecular flexibility index (Phi) is 3.01. The molecule has 0 spiro atoms. The van der Waals surface area contributed by atoms with E-state index in [0.717, 1.165) is 0 Å². The van der Waals surface area contributed by atoms with Gasteiger partial charge in [-0.2, -0.15) is 18.3 Å². The van der Waals surface area contributed by atoms with Gasteiger partial charge in [-0.15, -0.1) is 0 Å². The Morgan fingerprint density at radius 1 is 1.18 bits per heavy atom. The second kappa shape index (κ2) is 4.19. The summed E-state index contributed by atoms with van der Waals surface area (Å²) in [5, 5.41) is 6.03. The maximum Gasteiger partial charge on any atom is 0.391 e. The molecule has 1 fully saturated rings. The highest BCUT2D eigenvalue weighted by atomic mass is 19.4. The van der Waals surface area contributed by atoms with E-state index in [4.69, 9.17) is 5.73 Å². The average molecular weight is 251 g/mol. The van der Waals surface area contributed by atoms with Gasteiger partial charge in [-0.3, -0.25) is 5.10 Å². The van der Waals surface area contributed by atoms with E-state index in [2.05, 4.69) is 10.2 Å². The Bertz CT molecular complexity index is 391. The van der Waals surface area contributed by atoms with Gasteiger partial charge in [0.1, 0.15) is 5.69 Å². The molecule has 0 unspecified atom stereocenters. The summed E-state index contributed by atoms with van der Waals surface area (Å²) in [7, 11) is 0. The fraction of sp³-hybridized carbons (Fsp3) is 0.700. The van der Waals surface area contributed by atoms with Gasteiger partial charge < -0.3 is 5.73 Å². The number of nitrogen functional groups attached to an aromatic ring is 1. The fourth-order valence-electron chi connectivity index (χ4n) is 2.32. The van der Waals surface area contributed by atoms with E-state index in [-0.39, 0.29) is 30.3 Å². The van der Waals surface area contributed by atoms with Crippen molar-refractivity contribution in [1.82, 2.24) is 10.2 Å². The number of halogens is 4. The van der Waals surface area contributed by atoms with Crippen molar-refractivity contribution in [3.63, 3.8) is 0 Å². The molecule has 3 N–H and O–H groups in total. The molecule has 7 heteroatoms. The summed E-state index contributed by atoms with van der Waals surface area (Å²) in [6, 6.07) is 0. The number of anilines is 1. The Labute approximate surface area is 95.4 Å². The Hall–Kier alpha value is -1.27. The standard InChI is InChI=1S/C10H13F4N3/c11-7-8(16-17-9(7)15)5-1-3-6(4-2-5)10(12,13)14/h5-6H,1-4H2,(H3,15,16,17)/t5-,6-. The SMILES string of the molecule is Nc1[nH]nc([C@H]2CC[C@H](C(F)(F)F)CC2)c1F. The van der Waals surface area contributed by atoms with Crippen molar-refractivity contribution in [1.29, 1.82) is 0 Å². The Morgan fingerprint density at radius 2 is 1.76 bits per heavy atom. The zero-order chi connectivity index (χ0) is 12.6. The van der Waals surface area contributed by atoms with Crippen molar-refractivity contribution in [2.75, 3.05) is 5.73 Å². The van der Waals surface area contributed by atoms with Crippen LogP contribution in [0.15, 0.2) is 0 Å². The first-order valence-electron chi connectivity index (χ1n) is 5.45. The molecule has 0 radical (unpaired) electrons. The first kappa shape index (κ1) is 12.2. The number of alkyl halides is 3. The maximum absolute atomic E-state index is 13.4. The summed E-state index contributed by atoms with van der Waals surface area (Å²) in [6.07, 6.45) is -3.49. The molecule has 17 heavy (non-hydrogen) atoms. The highest BCUT2D eigenvalue weighted by Crippen LogP contribution is 2.43. The molecule has 1 aromatic rings. The first-order valence-corrected chi connectivity index (χ1v) is 5.45. The van der Waals surface area contributed by atoms with E-state index in [0.29, 0.717) is 12.8 Å². The van der Waals surface area contributed by atoms with Crippen LogP contribution in [0.3, 0.4) is 0 Å². The Morgan fingerprint density at radius 3 is 2.18 bits per heavy atom. The normalized spacial score (nSPS) is 26.1. The zero-order valence-corrected chi connectivity index (χ0v) is 9.02. The maximum atomic E-state index is 13.4. The minimum absolute atomic E-state index is 0.0281. The minimum Gasteiger partial charge on any atom is -0.382 e. The zero-order valence-electron chi connectivity index (χ0n) is 9.02. The van der Waals surface area contributed by atoms with Crippen LogP contribution in [0, 0.1) is 11.7 Å². The van der Waals surface area contributed by atoms with E-state index < -0.39 is 17.9 Å². The number of rotatable bonds is 1. The monoisotopic (exact) mass is 251 g/mol. The number of hydrogen-bond acceptors (Lipinski definition) is 2. The third-order valence-corrected chi connectivity index (χ3v) is 3.33. The topological polar surface area (TPSA) is 54.7 Å². The van der Waals surface area contributed by atoms with Gasteiger partial charge in [0, 0.05) is 5.92 Å². The van der Waals surface area contributed by atoms with Gasteiger partial charge in [0.15, 0.2) is 11.6 Å². The van der Waals surface area contributed by atoms with Crippen molar-refractivity contribution >= 4 is 5.82 Å². The van der Waals surface area contributed by atoms with Crippen LogP contribution < -0.4 is 5.73 Å². The third kappa shape index (κ3) is 2.37. The molecule has 3 nitrogen and oxygen atoms in total. The third-order valence-electron chi connectivity index (χ3n) is 3.33. The van der Waals surface area contributed by atoms with Crippen LogP contribution in [0.25, 0.3) is 0 Å². The molecular formula is C10H13F4N3. The molecule has 0 aliphatic heterocycles. The average Bonchev–Trinajstić information content (AvgIpc) is 2.59. The molecule has 0 saturated heterocycles. The molecule has 2 rings (SSSR count). The fourth-order valence-corrected chi connectivity index (χ4v) is 2.32. The molecule has 1 aliphatic rings. The molecule has 0 atom stereocenters. The van der Waals surface area contributed by atoms with Crippen molar-refractivity contribution in [3.8, 4) is 0 Å². The number of nitrogens with one attached hydrogen (secondary N) is 1. The lowest BCUT2D eigenvalue weighted by Gasteiger charge is -2.28. The molecule has 0 amide bonds. The predicted molar refractivity (Wildman–Crippen MR) is 53.7 cm³/mol. The van der Waals surface area contributed by atoms with Crippen molar-refractivity contribution in [2.24, 2.45) is 5.92 Å². The lowest BCUT2D eigenvalue weighted by atomic mass is 9.80. The highest BCUT2D eigenvalue weighted by Gasteiger charge is 2.42. The predicted octanol–water partition coefficient (Wildman–Crippen LogP) is 2.97. The lowest BCUT2D eigenvalue weighted by molar-refractivity contribution is -0.182. The van der Waals surface area contributed by atoms with E-state index >= 15 is 0 Å². The number of nitrogens with two attached hydrogens (primary N) is 1. The molecule has 0 aromatic carbocycles. The van der Waals surface area contributed by atoms with Crippen LogP contribution in [-0.2, 0) is 0 Å². The summed E-state index contributed by atoms with van der Waals surface area (Å²) >= 11 is 0. The van der Waals surface area contributed by atoms with Crippen LogP contribution >= 0.6 is 0 Å². The second-order valence-electron chi connectivity index (χ2n) is 4.43. The minimum atomic E-state index is -4.14. The van der Waals surface area contributed by atoms with Crippen molar-refractivity contribution in [3.05, 3.63) is 11.5 Å². The quantitative estimate of drug-likeness (QED) is 0.754. The van der Waals surface area contributed by atoms with E-state index in [1.807, 2.05) is 0 Å². The summed E-state index contributed by atoms with van der Waals surface area (Å²) in [5.74, 6) is -2.31. The van der Waals surface area contributed by atoms with Gasteiger partial charge in [0.25, 0.3) is 0 Å². The first-order chi connectivity index (χ1) is 7.89. The lowest BCUT2D eigenvalue weighted by Crippen LogP contribution is -2.27. The van der Waals surface area contributed by atoms with Crippen molar-refractivity contribution in [2.45, 2.75) is 37.8 Å². The molecule has 1 aromatic heterocycles. The highest BCUT2D eigenvalue weighted by molar-refractivity contribution is 5.33. The van der Waals surface area contributed by atoms with Crippen LogP contribution in [0.2, 0.25) is 0 Å². The van der Waals surface area contributed by atoms with Crippen LogP contribution in [0.1, 0.15) is 37.3 Å². The number of H-pyrrole nitrogens is 1. The van der Waals surface area contributed by atoms with E-state index in [1.54, 1.807) is 0 Å². The molecule has 1 aliphatic carbocycles. The second-order valence-corrected chi connectivity index (χ2v) is 4.43.